The second-order valence-electron chi connectivity index (χ2n) is 5.14. The minimum atomic E-state index is -0.261. The average Bonchev–Trinajstić information content (AvgIpc) is 2.87. The average molecular weight is 388 g/mol. The molecule has 2 rings (SSSR count). The van der Waals surface area contributed by atoms with Crippen molar-refractivity contribution < 1.29 is 4.79 Å². The van der Waals surface area contributed by atoms with E-state index in [1.807, 2.05) is 48.9 Å². The molecule has 1 heterocycles. The first-order chi connectivity index (χ1) is 9.97. The molecule has 2 unspecified atom stereocenters. The monoisotopic (exact) mass is 386 g/mol. The zero-order valence-electron chi connectivity index (χ0n) is 12.5. The van der Waals surface area contributed by atoms with Crippen molar-refractivity contribution in [1.29, 1.82) is 0 Å². The number of rotatable bonds is 5. The fourth-order valence-electron chi connectivity index (χ4n) is 1.81. The molecule has 0 bridgehead atoms. The van der Waals surface area contributed by atoms with Gasteiger partial charge in [0.2, 0.25) is 11.9 Å². The van der Waals surface area contributed by atoms with E-state index >= 15 is 0 Å². The molecule has 0 spiro atoms. The van der Waals surface area contributed by atoms with Gasteiger partial charge in [0.05, 0.1) is 12.5 Å². The third kappa shape index (κ3) is 4.83. The molecule has 7 heteroatoms. The predicted octanol–water partition coefficient (Wildman–Crippen LogP) is 3.04. The largest absolute Gasteiger partial charge is 0.327 e. The highest BCUT2D eigenvalue weighted by molar-refractivity contribution is 9.10. The molecule has 0 aliphatic heterocycles. The molecule has 0 radical (unpaired) electrons. The molecule has 0 aliphatic carbocycles. The zero-order valence-corrected chi connectivity index (χ0v) is 14.9. The molecule has 1 aromatic heterocycles. The molecule has 120 valence electrons. The number of hydrogen-bond donors (Lipinski definition) is 2. The Morgan fingerprint density at radius 1 is 1.36 bits per heavy atom. The molecule has 0 saturated heterocycles. The third-order valence-corrected chi connectivity index (χ3v) is 3.95. The Morgan fingerprint density at radius 3 is 2.59 bits per heavy atom. The minimum Gasteiger partial charge on any atom is -0.327 e. The van der Waals surface area contributed by atoms with Gasteiger partial charge in [0.1, 0.15) is 0 Å². The number of hydrogen-bond acceptors (Lipinski definition) is 3. The Kier molecular flexibility index (Phi) is 7.06. The fraction of sp³-hybridized carbons (Fsp3) is 0.333. The van der Waals surface area contributed by atoms with Crippen molar-refractivity contribution >= 4 is 40.2 Å². The predicted molar refractivity (Wildman–Crippen MR) is 94.2 cm³/mol. The Labute approximate surface area is 144 Å². The number of aromatic nitrogens is 2. The van der Waals surface area contributed by atoms with Crippen LogP contribution in [0.25, 0.3) is 0 Å². The standard InChI is InChI=1S/C15H19BrN4O.ClH/c1-10(11(2)17)14(21)19-15-18-7-8-20(15)9-12-3-5-13(16)6-4-12;/h3-8,10-11H,9,17H2,1-2H3,(H,18,19,21);1H. The van der Waals surface area contributed by atoms with Crippen LogP contribution in [0.15, 0.2) is 41.1 Å². The highest BCUT2D eigenvalue weighted by Crippen LogP contribution is 2.14. The number of imidazole rings is 1. The molecule has 22 heavy (non-hydrogen) atoms. The fourth-order valence-corrected chi connectivity index (χ4v) is 2.07. The number of amides is 1. The lowest BCUT2D eigenvalue weighted by molar-refractivity contribution is -0.119. The van der Waals surface area contributed by atoms with E-state index in [0.29, 0.717) is 12.5 Å². The highest BCUT2D eigenvalue weighted by atomic mass is 79.9. The Hall–Kier alpha value is -1.37. The molecule has 0 saturated carbocycles. The van der Waals surface area contributed by atoms with Crippen LogP contribution in [0.1, 0.15) is 19.4 Å². The quantitative estimate of drug-likeness (QED) is 0.828. The molecule has 1 amide bonds. The van der Waals surface area contributed by atoms with Gasteiger partial charge in [0.15, 0.2) is 0 Å². The lowest BCUT2D eigenvalue weighted by atomic mass is 10.0. The number of halogens is 2. The number of benzene rings is 1. The van der Waals surface area contributed by atoms with Gasteiger partial charge in [-0.3, -0.25) is 10.1 Å². The highest BCUT2D eigenvalue weighted by Gasteiger charge is 2.18. The van der Waals surface area contributed by atoms with E-state index in [4.69, 9.17) is 5.73 Å². The van der Waals surface area contributed by atoms with E-state index in [9.17, 15) is 4.79 Å². The molecule has 2 aromatic rings. The number of nitrogens with one attached hydrogen (secondary N) is 1. The van der Waals surface area contributed by atoms with Crippen molar-refractivity contribution in [1.82, 2.24) is 9.55 Å². The van der Waals surface area contributed by atoms with E-state index in [0.717, 1.165) is 10.0 Å². The van der Waals surface area contributed by atoms with Crippen LogP contribution in [0.4, 0.5) is 5.95 Å². The zero-order chi connectivity index (χ0) is 15.4. The smallest absolute Gasteiger partial charge is 0.231 e. The first-order valence-electron chi connectivity index (χ1n) is 6.79. The van der Waals surface area contributed by atoms with E-state index < -0.39 is 0 Å². The van der Waals surface area contributed by atoms with E-state index in [-0.39, 0.29) is 30.3 Å². The minimum absolute atomic E-state index is 0. The van der Waals surface area contributed by atoms with E-state index in [1.54, 1.807) is 6.20 Å². The van der Waals surface area contributed by atoms with Gasteiger partial charge in [-0.25, -0.2) is 4.98 Å². The van der Waals surface area contributed by atoms with Crippen molar-refractivity contribution in [3.8, 4) is 0 Å². The molecule has 0 fully saturated rings. The van der Waals surface area contributed by atoms with Gasteiger partial charge in [-0.2, -0.15) is 0 Å². The van der Waals surface area contributed by atoms with E-state index in [1.165, 1.54) is 0 Å². The molecule has 2 atom stereocenters. The summed E-state index contributed by atoms with van der Waals surface area (Å²) in [5.74, 6) is 0.159. The number of carbonyl (C=O) groups excluding carboxylic acids is 1. The van der Waals surface area contributed by atoms with Crippen molar-refractivity contribution in [2.24, 2.45) is 11.7 Å². The van der Waals surface area contributed by atoms with Crippen LogP contribution < -0.4 is 11.1 Å². The third-order valence-electron chi connectivity index (χ3n) is 3.42. The summed E-state index contributed by atoms with van der Waals surface area (Å²) in [6.45, 7) is 4.27. The summed E-state index contributed by atoms with van der Waals surface area (Å²) < 4.78 is 2.94. The van der Waals surface area contributed by atoms with Crippen LogP contribution in [0, 0.1) is 5.92 Å². The summed E-state index contributed by atoms with van der Waals surface area (Å²) >= 11 is 3.41. The Morgan fingerprint density at radius 2 is 2.00 bits per heavy atom. The number of nitrogens with two attached hydrogens (primary N) is 1. The van der Waals surface area contributed by atoms with Gasteiger partial charge < -0.3 is 10.3 Å². The van der Waals surface area contributed by atoms with Gasteiger partial charge >= 0.3 is 0 Å². The van der Waals surface area contributed by atoms with Crippen molar-refractivity contribution in [2.75, 3.05) is 5.32 Å². The van der Waals surface area contributed by atoms with Gasteiger partial charge in [-0.05, 0) is 24.6 Å². The maximum Gasteiger partial charge on any atom is 0.231 e. The molecule has 0 aliphatic rings. The van der Waals surface area contributed by atoms with Gasteiger partial charge in [-0.15, -0.1) is 12.4 Å². The van der Waals surface area contributed by atoms with Crippen LogP contribution in [-0.2, 0) is 11.3 Å². The Bertz CT molecular complexity index is 612. The van der Waals surface area contributed by atoms with Crippen LogP contribution in [0.2, 0.25) is 0 Å². The van der Waals surface area contributed by atoms with Crippen molar-refractivity contribution in [3.05, 3.63) is 46.7 Å². The topological polar surface area (TPSA) is 72.9 Å². The first-order valence-corrected chi connectivity index (χ1v) is 7.58. The molecule has 5 nitrogen and oxygen atoms in total. The molecular weight excluding hydrogens is 368 g/mol. The number of anilines is 1. The number of carbonyl (C=O) groups is 1. The second-order valence-corrected chi connectivity index (χ2v) is 6.06. The van der Waals surface area contributed by atoms with Gasteiger partial charge in [0, 0.05) is 22.9 Å². The maximum atomic E-state index is 12.1. The van der Waals surface area contributed by atoms with E-state index in [2.05, 4.69) is 26.2 Å². The Balaban J connectivity index is 0.00000242. The summed E-state index contributed by atoms with van der Waals surface area (Å²) in [6, 6.07) is 7.84. The number of nitrogens with zero attached hydrogens (tertiary/aromatic N) is 2. The maximum absolute atomic E-state index is 12.1. The van der Waals surface area contributed by atoms with Crippen LogP contribution in [-0.4, -0.2) is 21.5 Å². The van der Waals surface area contributed by atoms with Gasteiger partial charge in [-0.1, -0.05) is 35.0 Å². The lowest BCUT2D eigenvalue weighted by Gasteiger charge is -2.15. The summed E-state index contributed by atoms with van der Waals surface area (Å²) in [6.07, 6.45) is 3.51. The second kappa shape index (κ2) is 8.31. The van der Waals surface area contributed by atoms with Crippen molar-refractivity contribution in [3.63, 3.8) is 0 Å². The molecule has 3 N–H and O–H groups in total. The van der Waals surface area contributed by atoms with Crippen LogP contribution >= 0.6 is 28.3 Å². The summed E-state index contributed by atoms with van der Waals surface area (Å²) in [7, 11) is 0. The first kappa shape index (κ1) is 18.7. The normalized spacial score (nSPS) is 13.1. The van der Waals surface area contributed by atoms with Crippen LogP contribution in [0.3, 0.4) is 0 Å². The van der Waals surface area contributed by atoms with Crippen LogP contribution in [0.5, 0.6) is 0 Å². The molecular formula is C15H20BrClN4O. The summed E-state index contributed by atoms with van der Waals surface area (Å²) in [5, 5.41) is 2.83. The van der Waals surface area contributed by atoms with Gasteiger partial charge in [0.25, 0.3) is 0 Å². The summed E-state index contributed by atoms with van der Waals surface area (Å²) in [5.41, 5.74) is 6.88. The van der Waals surface area contributed by atoms with Crippen molar-refractivity contribution in [2.45, 2.75) is 26.4 Å². The lowest BCUT2D eigenvalue weighted by Crippen LogP contribution is -2.35. The SMILES string of the molecule is CC(N)C(C)C(=O)Nc1nccn1Cc1ccc(Br)cc1.Cl. The molecule has 1 aromatic carbocycles. The summed E-state index contributed by atoms with van der Waals surface area (Å²) in [4.78, 5) is 16.2.